The van der Waals surface area contributed by atoms with E-state index in [4.69, 9.17) is 9.57 Å². The first kappa shape index (κ1) is 41.8. The van der Waals surface area contributed by atoms with Gasteiger partial charge in [-0.2, -0.15) is 4.37 Å². The zero-order valence-electron chi connectivity index (χ0n) is 33.7. The number of rotatable bonds is 14. The average molecular weight is 845 g/mol. The molecule has 1 fully saturated rings. The van der Waals surface area contributed by atoms with Crippen LogP contribution in [0.2, 0.25) is 0 Å². The Bertz CT molecular complexity index is 2340. The minimum absolute atomic E-state index is 0.0977. The highest BCUT2D eigenvalue weighted by Crippen LogP contribution is 2.42. The van der Waals surface area contributed by atoms with Crippen LogP contribution in [0.25, 0.3) is 0 Å². The van der Waals surface area contributed by atoms with Crippen molar-refractivity contribution >= 4 is 57.8 Å². The van der Waals surface area contributed by atoms with Crippen molar-refractivity contribution in [1.82, 2.24) is 14.6 Å². The summed E-state index contributed by atoms with van der Waals surface area (Å²) in [5.74, 6) is -3.36. The van der Waals surface area contributed by atoms with E-state index in [9.17, 15) is 24.3 Å². The van der Waals surface area contributed by atoms with Crippen LogP contribution in [0.15, 0.2) is 144 Å². The van der Waals surface area contributed by atoms with Gasteiger partial charge in [-0.15, -0.1) is 11.8 Å². The Morgan fingerprint density at radius 2 is 1.42 bits per heavy atom. The van der Waals surface area contributed by atoms with Gasteiger partial charge in [0.15, 0.2) is 24.7 Å². The highest BCUT2D eigenvalue weighted by molar-refractivity contribution is 8.00. The summed E-state index contributed by atoms with van der Waals surface area (Å²) in [6.45, 7) is 8.34. The molecule has 15 heteroatoms. The molecule has 308 valence electrons. The van der Waals surface area contributed by atoms with Gasteiger partial charge in [-0.05, 0) is 62.8 Å². The second-order valence-corrected chi connectivity index (χ2v) is 17.7. The first-order valence-electron chi connectivity index (χ1n) is 19.2. The quantitative estimate of drug-likeness (QED) is 0.0397. The van der Waals surface area contributed by atoms with Crippen LogP contribution in [0, 0.1) is 0 Å². The summed E-state index contributed by atoms with van der Waals surface area (Å²) < 4.78 is 12.0. The van der Waals surface area contributed by atoms with E-state index in [1.54, 1.807) is 39.2 Å². The van der Waals surface area contributed by atoms with E-state index in [1.165, 1.54) is 25.6 Å². The van der Waals surface area contributed by atoms with Crippen molar-refractivity contribution in [2.24, 2.45) is 5.16 Å². The molecule has 4 heterocycles. The summed E-state index contributed by atoms with van der Waals surface area (Å²) in [7, 11) is 0. The molecule has 2 aromatic heterocycles. The van der Waals surface area contributed by atoms with Crippen LogP contribution in [0.4, 0.5) is 5.00 Å². The predicted octanol–water partition coefficient (Wildman–Crippen LogP) is 4.78. The largest absolute Gasteiger partial charge is 0.543 e. The molecule has 0 spiro atoms. The van der Waals surface area contributed by atoms with Crippen molar-refractivity contribution in [3.63, 3.8) is 0 Å². The molecule has 3 aromatic carbocycles. The van der Waals surface area contributed by atoms with Gasteiger partial charge in [-0.25, -0.2) is 9.36 Å². The van der Waals surface area contributed by atoms with Crippen LogP contribution in [-0.4, -0.2) is 67.1 Å². The molecule has 0 unspecified atom stereocenters. The van der Waals surface area contributed by atoms with Gasteiger partial charge < -0.3 is 30.1 Å². The smallest absolute Gasteiger partial charge is 0.353 e. The molecule has 2 N–H and O–H groups in total. The van der Waals surface area contributed by atoms with Crippen LogP contribution in [-0.2, 0) is 40.8 Å². The van der Waals surface area contributed by atoms with E-state index in [-0.39, 0.29) is 29.4 Å². The number of anilines is 1. The average Bonchev–Trinajstić information content (AvgIpc) is 3.70. The number of carbonyl (C=O) groups is 4. The van der Waals surface area contributed by atoms with E-state index >= 15 is 0 Å². The molecule has 2 aliphatic heterocycles. The minimum Gasteiger partial charge on any atom is -0.543 e. The lowest BCUT2D eigenvalue weighted by atomic mass is 9.77. The summed E-state index contributed by atoms with van der Waals surface area (Å²) in [5, 5.41) is 23.0. The van der Waals surface area contributed by atoms with Crippen LogP contribution in [0.1, 0.15) is 57.0 Å². The molecule has 2 aliphatic rings. The minimum atomic E-state index is -1.64. The standard InChI is InChI=1S/C45H44N6O7S2/c1-43(2,3)57-42(56)44(4,5)58-48-35(38(52)46-36-39(53)51-37(41(54)55)29(28-59-40(36)51)27-50-24-16-9-17-25-50)33-26-34(60-49-33)47-45(30-18-10-6-11-19-30,31-20-12-7-13-21-31)32-22-14-8-15-23-32/h6-26,36,40H,27-28H2,1-5H3,(H2-,46,47,49,52,54,55)/b48-35+/t36-,40-/m1/s1. The molecule has 2 atom stereocenters. The highest BCUT2D eigenvalue weighted by Gasteiger charge is 2.53. The number of nitrogens with zero attached hydrogens (tertiary/aromatic N) is 4. The fourth-order valence-electron chi connectivity index (χ4n) is 6.98. The van der Waals surface area contributed by atoms with E-state index < -0.39 is 51.9 Å². The van der Waals surface area contributed by atoms with E-state index in [1.807, 2.05) is 114 Å². The number of nitrogens with one attached hydrogen (secondary N) is 2. The normalized spacial score (nSPS) is 17.0. The summed E-state index contributed by atoms with van der Waals surface area (Å²) >= 11 is 2.41. The van der Waals surface area contributed by atoms with Crippen molar-refractivity contribution in [1.29, 1.82) is 0 Å². The Morgan fingerprint density at radius 3 is 1.95 bits per heavy atom. The van der Waals surface area contributed by atoms with Gasteiger partial charge in [0.25, 0.3) is 11.8 Å². The van der Waals surface area contributed by atoms with Gasteiger partial charge >= 0.3 is 5.97 Å². The summed E-state index contributed by atoms with van der Waals surface area (Å²) in [5.41, 5.74) is -0.467. The maximum atomic E-state index is 14.3. The van der Waals surface area contributed by atoms with Crippen LogP contribution in [0.5, 0.6) is 0 Å². The van der Waals surface area contributed by atoms with Crippen LogP contribution < -0.4 is 20.3 Å². The molecular weight excluding hydrogens is 801 g/mol. The number of hydrogen-bond acceptors (Lipinski definition) is 12. The van der Waals surface area contributed by atoms with Gasteiger partial charge in [0, 0.05) is 29.5 Å². The summed E-state index contributed by atoms with van der Waals surface area (Å²) in [4.78, 5) is 60.6. The Morgan fingerprint density at radius 1 is 0.867 bits per heavy atom. The Balaban J connectivity index is 1.22. The number of esters is 1. The maximum absolute atomic E-state index is 14.3. The molecule has 2 amide bonds. The molecule has 1 saturated heterocycles. The molecule has 5 aromatic rings. The lowest BCUT2D eigenvalue weighted by molar-refractivity contribution is -0.689. The molecule has 0 saturated carbocycles. The van der Waals surface area contributed by atoms with Gasteiger partial charge in [0.1, 0.15) is 33.3 Å². The number of benzene rings is 3. The number of ether oxygens (including phenoxy) is 1. The predicted molar refractivity (Wildman–Crippen MR) is 226 cm³/mol. The van der Waals surface area contributed by atoms with Gasteiger partial charge in [0.05, 0.1) is 11.7 Å². The highest BCUT2D eigenvalue weighted by atomic mass is 32.2. The fourth-order valence-corrected chi connectivity index (χ4v) is 9.01. The number of aromatic nitrogens is 2. The number of aliphatic carboxylic acids is 1. The van der Waals surface area contributed by atoms with Gasteiger partial charge in [-0.3, -0.25) is 14.5 Å². The number of oxime groups is 1. The van der Waals surface area contributed by atoms with E-state index in [0.717, 1.165) is 33.1 Å². The Labute approximate surface area is 356 Å². The number of carbonyl (C=O) groups excluding carboxylic acids is 4. The van der Waals surface area contributed by atoms with Gasteiger partial charge in [0.2, 0.25) is 5.60 Å². The maximum Gasteiger partial charge on any atom is 0.353 e. The van der Waals surface area contributed by atoms with E-state index in [2.05, 4.69) is 20.2 Å². The second kappa shape index (κ2) is 17.1. The number of carboxylic acids is 1. The zero-order chi connectivity index (χ0) is 42.7. The number of β-lactam (4-membered cyclic amide) rings is 1. The molecular formula is C45H44N6O7S2. The molecule has 0 bridgehead atoms. The number of hydrogen-bond donors (Lipinski definition) is 2. The first-order valence-corrected chi connectivity index (χ1v) is 21.0. The SMILES string of the molecule is CC(C)(C)OC(=O)C(C)(C)O/N=C(/C(=O)N[C@@H]1C(=O)N2C(C(=O)[O-])=C(C[n+]3ccccc3)CS[C@H]12)c1cc(NC(c2ccccc2)(c2ccccc2)c2ccccc2)sn1. The third-order valence-electron chi connectivity index (χ3n) is 9.83. The molecule has 0 radical (unpaired) electrons. The van der Waals surface area contributed by atoms with Crippen LogP contribution >= 0.6 is 23.3 Å². The third-order valence-corrected chi connectivity index (χ3v) is 11.9. The number of carboxylic acid groups (broad SMARTS) is 1. The first-order chi connectivity index (χ1) is 28.7. The Hall–Kier alpha value is -6.32. The lowest BCUT2D eigenvalue weighted by Crippen LogP contribution is -2.71. The summed E-state index contributed by atoms with van der Waals surface area (Å²) in [6.07, 6.45) is 3.60. The Kier molecular flexibility index (Phi) is 11.9. The molecule has 7 rings (SSSR count). The van der Waals surface area contributed by atoms with Crippen molar-refractivity contribution in [3.8, 4) is 0 Å². The van der Waals surface area contributed by atoms with Crippen molar-refractivity contribution < 1.29 is 38.4 Å². The number of thioether (sulfide) groups is 1. The van der Waals surface area contributed by atoms with Crippen molar-refractivity contribution in [2.45, 2.75) is 69.3 Å². The molecule has 13 nitrogen and oxygen atoms in total. The number of amides is 2. The monoisotopic (exact) mass is 844 g/mol. The molecule has 60 heavy (non-hydrogen) atoms. The lowest BCUT2D eigenvalue weighted by Gasteiger charge is -2.50. The van der Waals surface area contributed by atoms with Crippen molar-refractivity contribution in [3.05, 3.63) is 161 Å². The summed E-state index contributed by atoms with van der Waals surface area (Å²) in [6, 6.07) is 35.9. The fraction of sp³-hybridized carbons (Fsp3) is 0.267. The van der Waals surface area contributed by atoms with Crippen LogP contribution in [0.3, 0.4) is 0 Å². The second-order valence-electron chi connectivity index (χ2n) is 15.7. The van der Waals surface area contributed by atoms with E-state index in [0.29, 0.717) is 10.6 Å². The van der Waals surface area contributed by atoms with Gasteiger partial charge in [-0.1, -0.05) is 102 Å². The zero-order valence-corrected chi connectivity index (χ0v) is 35.3. The number of pyridine rings is 1. The molecule has 0 aliphatic carbocycles. The topological polar surface area (TPSA) is 166 Å². The number of fused-ring (bicyclic) bond motifs is 1. The third kappa shape index (κ3) is 8.68. The van der Waals surface area contributed by atoms with Crippen molar-refractivity contribution in [2.75, 3.05) is 11.1 Å².